The summed E-state index contributed by atoms with van der Waals surface area (Å²) in [6.45, 7) is 6.44. The van der Waals surface area contributed by atoms with Crippen molar-refractivity contribution in [2.45, 2.75) is 51.1 Å². The van der Waals surface area contributed by atoms with Crippen LogP contribution in [0.4, 0.5) is 0 Å². The van der Waals surface area contributed by atoms with Crippen LogP contribution in [-0.2, 0) is 5.54 Å². The third-order valence-electron chi connectivity index (χ3n) is 5.80. The minimum Gasteiger partial charge on any atom is -0.325 e. The van der Waals surface area contributed by atoms with Gasteiger partial charge >= 0.3 is 0 Å². The molecular weight excluding hydrogens is 340 g/mol. The van der Waals surface area contributed by atoms with Crippen molar-refractivity contribution < 1.29 is 0 Å². The lowest BCUT2D eigenvalue weighted by molar-refractivity contribution is 0.383. The third kappa shape index (κ3) is 5.09. The quantitative estimate of drug-likeness (QED) is 0.532. The van der Waals surface area contributed by atoms with Gasteiger partial charge in [0.15, 0.2) is 0 Å². The van der Waals surface area contributed by atoms with Crippen LogP contribution in [0.1, 0.15) is 56.7 Å². The molecular formula is C26H34N2. The molecule has 4 N–H and O–H groups in total. The maximum absolute atomic E-state index is 6.86. The molecule has 0 amide bonds. The molecule has 3 aromatic rings. The van der Waals surface area contributed by atoms with Crippen LogP contribution in [0.15, 0.2) is 91.0 Å². The number of nitrogens with two attached hydrogens (primary N) is 2. The van der Waals surface area contributed by atoms with Gasteiger partial charge in [0, 0.05) is 5.54 Å². The molecule has 0 unspecified atom stereocenters. The topological polar surface area (TPSA) is 52.0 Å². The second kappa shape index (κ2) is 10.2. The highest BCUT2D eigenvalue weighted by molar-refractivity contribution is 5.48. The lowest BCUT2D eigenvalue weighted by Crippen LogP contribution is -2.39. The van der Waals surface area contributed by atoms with Crippen LogP contribution in [0.5, 0.6) is 0 Å². The molecule has 2 nitrogen and oxygen atoms in total. The monoisotopic (exact) mass is 374 g/mol. The van der Waals surface area contributed by atoms with E-state index >= 15 is 0 Å². The summed E-state index contributed by atoms with van der Waals surface area (Å²) in [6, 6.07) is 30.7. The maximum Gasteiger partial charge on any atom is 0.0922 e. The van der Waals surface area contributed by atoms with E-state index in [0.717, 1.165) is 36.0 Å². The van der Waals surface area contributed by atoms with E-state index in [1.54, 1.807) is 0 Å². The Kier molecular flexibility index (Phi) is 7.98. The first-order valence-corrected chi connectivity index (χ1v) is 10.2. The summed E-state index contributed by atoms with van der Waals surface area (Å²) in [5.41, 5.74) is 15.5. The molecule has 0 bridgehead atoms. The molecule has 2 heteroatoms. The van der Waals surface area contributed by atoms with E-state index in [2.05, 4.69) is 57.2 Å². The Labute approximate surface area is 170 Å². The zero-order chi connectivity index (χ0) is 20.5. The SMILES string of the molecule is CCC(N)(CC)CC.NC(c1ccccc1)(c1ccccc1)c1ccccc1. The smallest absolute Gasteiger partial charge is 0.0922 e. The van der Waals surface area contributed by atoms with Gasteiger partial charge in [0.1, 0.15) is 0 Å². The van der Waals surface area contributed by atoms with Gasteiger partial charge in [-0.2, -0.15) is 0 Å². The number of hydrogen-bond acceptors (Lipinski definition) is 2. The normalized spacial score (nSPS) is 11.5. The largest absolute Gasteiger partial charge is 0.325 e. The van der Waals surface area contributed by atoms with Crippen molar-refractivity contribution in [2.24, 2.45) is 11.5 Å². The first-order chi connectivity index (χ1) is 13.5. The van der Waals surface area contributed by atoms with Crippen molar-refractivity contribution in [3.63, 3.8) is 0 Å². The van der Waals surface area contributed by atoms with Gasteiger partial charge < -0.3 is 11.5 Å². The van der Waals surface area contributed by atoms with E-state index in [-0.39, 0.29) is 5.54 Å². The van der Waals surface area contributed by atoms with E-state index in [0.29, 0.717) is 0 Å². The summed E-state index contributed by atoms with van der Waals surface area (Å²) in [4.78, 5) is 0. The van der Waals surface area contributed by atoms with Gasteiger partial charge in [0.2, 0.25) is 0 Å². The number of hydrogen-bond donors (Lipinski definition) is 2. The molecule has 3 aromatic carbocycles. The molecule has 0 heterocycles. The van der Waals surface area contributed by atoms with E-state index in [9.17, 15) is 0 Å². The summed E-state index contributed by atoms with van der Waals surface area (Å²) in [7, 11) is 0. The van der Waals surface area contributed by atoms with Gasteiger partial charge in [-0.05, 0) is 36.0 Å². The van der Waals surface area contributed by atoms with Crippen LogP contribution in [0.25, 0.3) is 0 Å². The molecule has 0 aliphatic heterocycles. The molecule has 3 rings (SSSR count). The molecule has 0 saturated heterocycles. The van der Waals surface area contributed by atoms with Crippen LogP contribution in [0.2, 0.25) is 0 Å². The first-order valence-electron chi connectivity index (χ1n) is 10.2. The van der Waals surface area contributed by atoms with E-state index in [1.165, 1.54) is 0 Å². The van der Waals surface area contributed by atoms with Crippen LogP contribution in [-0.4, -0.2) is 5.54 Å². The van der Waals surface area contributed by atoms with Crippen molar-refractivity contribution >= 4 is 0 Å². The minimum absolute atomic E-state index is 0.125. The van der Waals surface area contributed by atoms with E-state index in [1.807, 2.05) is 54.6 Å². The highest BCUT2D eigenvalue weighted by Crippen LogP contribution is 2.33. The summed E-state index contributed by atoms with van der Waals surface area (Å²) in [5.74, 6) is 0. The summed E-state index contributed by atoms with van der Waals surface area (Å²) in [5, 5.41) is 0. The van der Waals surface area contributed by atoms with Crippen LogP contribution in [0, 0.1) is 0 Å². The van der Waals surface area contributed by atoms with E-state index < -0.39 is 5.54 Å². The van der Waals surface area contributed by atoms with Crippen LogP contribution in [0.3, 0.4) is 0 Å². The minimum atomic E-state index is -0.621. The number of benzene rings is 3. The predicted molar refractivity (Wildman–Crippen MR) is 121 cm³/mol. The fourth-order valence-electron chi connectivity index (χ4n) is 3.35. The van der Waals surface area contributed by atoms with Gasteiger partial charge in [-0.15, -0.1) is 0 Å². The molecule has 148 valence electrons. The second-order valence-corrected chi connectivity index (χ2v) is 7.33. The van der Waals surface area contributed by atoms with Gasteiger partial charge in [-0.1, -0.05) is 112 Å². The Morgan fingerprint density at radius 2 is 0.750 bits per heavy atom. The van der Waals surface area contributed by atoms with Crippen molar-refractivity contribution in [3.05, 3.63) is 108 Å². The Morgan fingerprint density at radius 3 is 0.929 bits per heavy atom. The van der Waals surface area contributed by atoms with E-state index in [4.69, 9.17) is 11.5 Å². The molecule has 0 aromatic heterocycles. The molecule has 0 saturated carbocycles. The molecule has 0 atom stereocenters. The Morgan fingerprint density at radius 1 is 0.500 bits per heavy atom. The van der Waals surface area contributed by atoms with Crippen molar-refractivity contribution in [3.8, 4) is 0 Å². The standard InChI is InChI=1S/C19H17N.C7H17N/c20-19(16-10-4-1-5-11-16,17-12-6-2-7-13-17)18-14-8-3-9-15-18;1-4-7(8,5-2)6-3/h1-15H,20H2;4-6,8H2,1-3H3. The Balaban J connectivity index is 0.000000300. The zero-order valence-corrected chi connectivity index (χ0v) is 17.4. The van der Waals surface area contributed by atoms with Gasteiger partial charge in [0.25, 0.3) is 0 Å². The van der Waals surface area contributed by atoms with Gasteiger partial charge in [-0.25, -0.2) is 0 Å². The zero-order valence-electron chi connectivity index (χ0n) is 17.4. The summed E-state index contributed by atoms with van der Waals surface area (Å²) >= 11 is 0. The Hall–Kier alpha value is -2.42. The van der Waals surface area contributed by atoms with Crippen LogP contribution < -0.4 is 11.5 Å². The van der Waals surface area contributed by atoms with Crippen molar-refractivity contribution in [2.75, 3.05) is 0 Å². The van der Waals surface area contributed by atoms with Crippen molar-refractivity contribution in [1.82, 2.24) is 0 Å². The average molecular weight is 375 g/mol. The predicted octanol–water partition coefficient (Wildman–Crippen LogP) is 5.85. The molecule has 28 heavy (non-hydrogen) atoms. The summed E-state index contributed by atoms with van der Waals surface area (Å²) in [6.07, 6.45) is 3.29. The maximum atomic E-state index is 6.86. The lowest BCUT2D eigenvalue weighted by atomic mass is 9.78. The highest BCUT2D eigenvalue weighted by atomic mass is 14.7. The average Bonchev–Trinajstić information content (AvgIpc) is 2.80. The lowest BCUT2D eigenvalue weighted by Gasteiger charge is -2.31. The van der Waals surface area contributed by atoms with Gasteiger partial charge in [-0.3, -0.25) is 0 Å². The molecule has 0 aliphatic carbocycles. The fraction of sp³-hybridized carbons (Fsp3) is 0.308. The van der Waals surface area contributed by atoms with Crippen LogP contribution >= 0.6 is 0 Å². The molecule has 0 aliphatic rings. The van der Waals surface area contributed by atoms with Gasteiger partial charge in [0.05, 0.1) is 5.54 Å². The third-order valence-corrected chi connectivity index (χ3v) is 5.80. The number of rotatable bonds is 6. The fourth-order valence-corrected chi connectivity index (χ4v) is 3.35. The molecule has 0 spiro atoms. The second-order valence-electron chi connectivity index (χ2n) is 7.33. The first kappa shape index (κ1) is 21.9. The molecule has 0 fully saturated rings. The Bertz CT molecular complexity index is 689. The molecule has 0 radical (unpaired) electrons. The summed E-state index contributed by atoms with van der Waals surface area (Å²) < 4.78 is 0. The highest BCUT2D eigenvalue weighted by Gasteiger charge is 2.31. The van der Waals surface area contributed by atoms with Crippen molar-refractivity contribution in [1.29, 1.82) is 0 Å².